The van der Waals surface area contributed by atoms with Crippen LogP contribution in [-0.4, -0.2) is 30.9 Å². The Kier molecular flexibility index (Phi) is 11.0. The summed E-state index contributed by atoms with van der Waals surface area (Å²) in [5, 5.41) is 8.81. The third-order valence-electron chi connectivity index (χ3n) is 4.84. The predicted octanol–water partition coefficient (Wildman–Crippen LogP) is 3.38. The van der Waals surface area contributed by atoms with Gasteiger partial charge in [0.25, 0.3) is 0 Å². The Morgan fingerprint density at radius 1 is 1.11 bits per heavy atom. The molecule has 1 aromatic rings. The van der Waals surface area contributed by atoms with Gasteiger partial charge in [0, 0.05) is 37.7 Å². The number of hydrogen-bond donors (Lipinski definition) is 3. The molecule has 158 valence electrons. The largest absolute Gasteiger partial charge is 0.355 e. The number of amides is 2. The zero-order valence-corrected chi connectivity index (χ0v) is 17.0. The highest BCUT2D eigenvalue weighted by atomic mass is 35.5. The summed E-state index contributed by atoms with van der Waals surface area (Å²) >= 11 is 0. The van der Waals surface area contributed by atoms with Crippen molar-refractivity contribution in [3.8, 4) is 0 Å². The van der Waals surface area contributed by atoms with Crippen molar-refractivity contribution in [3.05, 3.63) is 35.4 Å². The molecule has 5 nitrogen and oxygen atoms in total. The molecule has 1 saturated carbocycles. The molecule has 1 fully saturated rings. The molecule has 0 spiro atoms. The SMILES string of the molecule is CC(=O)NC(CC(=O)NCCNC1CCCCCC1)c1ccc(F)cc1F.Cl. The second-order valence-corrected chi connectivity index (χ2v) is 7.12. The van der Waals surface area contributed by atoms with Crippen LogP contribution in [-0.2, 0) is 9.59 Å². The van der Waals surface area contributed by atoms with Crippen molar-refractivity contribution in [2.24, 2.45) is 0 Å². The highest BCUT2D eigenvalue weighted by Gasteiger charge is 2.20. The van der Waals surface area contributed by atoms with E-state index in [1.54, 1.807) is 0 Å². The van der Waals surface area contributed by atoms with Gasteiger partial charge in [0.2, 0.25) is 11.8 Å². The van der Waals surface area contributed by atoms with Gasteiger partial charge in [-0.1, -0.05) is 31.7 Å². The molecule has 0 aromatic heterocycles. The van der Waals surface area contributed by atoms with Gasteiger partial charge in [-0.15, -0.1) is 12.4 Å². The van der Waals surface area contributed by atoms with Crippen LogP contribution in [0.2, 0.25) is 0 Å². The zero-order chi connectivity index (χ0) is 19.6. The minimum absolute atomic E-state index is 0. The Morgan fingerprint density at radius 2 is 1.79 bits per heavy atom. The maximum atomic E-state index is 14.0. The fraction of sp³-hybridized carbons (Fsp3) is 0.600. The number of carbonyl (C=O) groups is 2. The molecule has 2 rings (SSSR count). The first-order valence-electron chi connectivity index (χ1n) is 9.68. The third kappa shape index (κ3) is 8.52. The monoisotopic (exact) mass is 417 g/mol. The fourth-order valence-electron chi connectivity index (χ4n) is 3.49. The topological polar surface area (TPSA) is 70.2 Å². The minimum Gasteiger partial charge on any atom is -0.355 e. The Labute approximate surface area is 171 Å². The van der Waals surface area contributed by atoms with Gasteiger partial charge in [0.1, 0.15) is 11.6 Å². The van der Waals surface area contributed by atoms with E-state index in [0.717, 1.165) is 12.1 Å². The van der Waals surface area contributed by atoms with Crippen LogP contribution in [0.1, 0.15) is 63.5 Å². The van der Waals surface area contributed by atoms with E-state index >= 15 is 0 Å². The van der Waals surface area contributed by atoms with Crippen LogP contribution in [0.3, 0.4) is 0 Å². The molecule has 1 atom stereocenters. The van der Waals surface area contributed by atoms with Crippen LogP contribution >= 0.6 is 12.4 Å². The lowest BCUT2D eigenvalue weighted by molar-refractivity contribution is -0.122. The quantitative estimate of drug-likeness (QED) is 0.448. The van der Waals surface area contributed by atoms with E-state index in [-0.39, 0.29) is 36.2 Å². The summed E-state index contributed by atoms with van der Waals surface area (Å²) in [6.07, 6.45) is 7.30. The first-order chi connectivity index (χ1) is 13.0. The standard InChI is InChI=1S/C20H29F2N3O2.ClH/c1-14(26)25-19(17-9-8-15(21)12-18(17)22)13-20(27)24-11-10-23-16-6-4-2-3-5-7-16;/h8-9,12,16,19,23H,2-7,10-11,13H2,1H3,(H,24,27)(H,25,26);1H. The van der Waals surface area contributed by atoms with Gasteiger partial charge < -0.3 is 16.0 Å². The molecule has 8 heteroatoms. The van der Waals surface area contributed by atoms with Crippen molar-refractivity contribution < 1.29 is 18.4 Å². The van der Waals surface area contributed by atoms with Gasteiger partial charge in [0.15, 0.2) is 0 Å². The second kappa shape index (κ2) is 12.7. The van der Waals surface area contributed by atoms with Crippen molar-refractivity contribution in [2.75, 3.05) is 13.1 Å². The van der Waals surface area contributed by atoms with Gasteiger partial charge >= 0.3 is 0 Å². The Balaban J connectivity index is 0.00000392. The molecule has 28 heavy (non-hydrogen) atoms. The average molecular weight is 418 g/mol. The summed E-state index contributed by atoms with van der Waals surface area (Å²) in [4.78, 5) is 23.6. The number of carbonyl (C=O) groups excluding carboxylic acids is 2. The summed E-state index contributed by atoms with van der Waals surface area (Å²) in [7, 11) is 0. The van der Waals surface area contributed by atoms with Crippen LogP contribution in [0, 0.1) is 11.6 Å². The van der Waals surface area contributed by atoms with Gasteiger partial charge in [-0.25, -0.2) is 8.78 Å². The van der Waals surface area contributed by atoms with E-state index < -0.39 is 17.7 Å². The van der Waals surface area contributed by atoms with Crippen molar-refractivity contribution in [1.82, 2.24) is 16.0 Å². The van der Waals surface area contributed by atoms with E-state index in [1.165, 1.54) is 51.5 Å². The molecule has 0 saturated heterocycles. The van der Waals surface area contributed by atoms with E-state index in [0.29, 0.717) is 19.1 Å². The molecule has 0 aliphatic heterocycles. The number of halogens is 3. The lowest BCUT2D eigenvalue weighted by atomic mass is 10.0. The highest BCUT2D eigenvalue weighted by molar-refractivity contribution is 5.85. The van der Waals surface area contributed by atoms with Gasteiger partial charge in [-0.2, -0.15) is 0 Å². The van der Waals surface area contributed by atoms with E-state index in [4.69, 9.17) is 0 Å². The smallest absolute Gasteiger partial charge is 0.222 e. The van der Waals surface area contributed by atoms with Crippen LogP contribution in [0.4, 0.5) is 8.78 Å². The first-order valence-corrected chi connectivity index (χ1v) is 9.68. The van der Waals surface area contributed by atoms with Gasteiger partial charge in [-0.05, 0) is 18.9 Å². The summed E-state index contributed by atoms with van der Waals surface area (Å²) < 4.78 is 27.1. The zero-order valence-electron chi connectivity index (χ0n) is 16.2. The Bertz CT molecular complexity index is 638. The Morgan fingerprint density at radius 3 is 2.39 bits per heavy atom. The second-order valence-electron chi connectivity index (χ2n) is 7.12. The molecule has 1 aromatic carbocycles. The molecule has 2 amide bonds. The number of rotatable bonds is 8. The Hall–Kier alpha value is -1.73. The summed E-state index contributed by atoms with van der Waals surface area (Å²) in [5.74, 6) is -2.16. The molecule has 1 aliphatic rings. The van der Waals surface area contributed by atoms with Gasteiger partial charge in [0.05, 0.1) is 12.5 Å². The van der Waals surface area contributed by atoms with E-state index in [1.807, 2.05) is 0 Å². The highest BCUT2D eigenvalue weighted by Crippen LogP contribution is 2.21. The maximum Gasteiger partial charge on any atom is 0.222 e. The van der Waals surface area contributed by atoms with E-state index in [2.05, 4.69) is 16.0 Å². The molecule has 1 unspecified atom stereocenters. The summed E-state index contributed by atoms with van der Waals surface area (Å²) in [5.41, 5.74) is 0.0957. The minimum atomic E-state index is -0.835. The average Bonchev–Trinajstić information content (AvgIpc) is 2.86. The molecular formula is C20H30ClF2N3O2. The van der Waals surface area contributed by atoms with Crippen molar-refractivity contribution >= 4 is 24.2 Å². The first kappa shape index (κ1) is 24.3. The van der Waals surface area contributed by atoms with Crippen molar-refractivity contribution in [3.63, 3.8) is 0 Å². The number of hydrogen-bond acceptors (Lipinski definition) is 3. The predicted molar refractivity (Wildman–Crippen MR) is 107 cm³/mol. The van der Waals surface area contributed by atoms with Gasteiger partial charge in [-0.3, -0.25) is 9.59 Å². The number of benzene rings is 1. The summed E-state index contributed by atoms with van der Waals surface area (Å²) in [6.45, 7) is 2.43. The van der Waals surface area contributed by atoms with Crippen LogP contribution in [0.15, 0.2) is 18.2 Å². The molecule has 1 aliphatic carbocycles. The van der Waals surface area contributed by atoms with Crippen LogP contribution in [0.5, 0.6) is 0 Å². The number of nitrogens with one attached hydrogen (secondary N) is 3. The molecule has 3 N–H and O–H groups in total. The molecular weight excluding hydrogens is 388 g/mol. The molecule has 0 radical (unpaired) electrons. The third-order valence-corrected chi connectivity index (χ3v) is 4.84. The van der Waals surface area contributed by atoms with Crippen LogP contribution in [0.25, 0.3) is 0 Å². The maximum absolute atomic E-state index is 14.0. The van der Waals surface area contributed by atoms with Crippen molar-refractivity contribution in [2.45, 2.75) is 64.0 Å². The summed E-state index contributed by atoms with van der Waals surface area (Å²) in [6, 6.07) is 2.79. The van der Waals surface area contributed by atoms with Crippen molar-refractivity contribution in [1.29, 1.82) is 0 Å². The fourth-order valence-corrected chi connectivity index (χ4v) is 3.49. The molecule has 0 heterocycles. The lowest BCUT2D eigenvalue weighted by Gasteiger charge is -2.19. The molecule has 0 bridgehead atoms. The normalized spacial score (nSPS) is 15.8. The lowest BCUT2D eigenvalue weighted by Crippen LogP contribution is -2.38. The van der Waals surface area contributed by atoms with Crippen LogP contribution < -0.4 is 16.0 Å². The van der Waals surface area contributed by atoms with E-state index in [9.17, 15) is 18.4 Å².